The van der Waals surface area contributed by atoms with Gasteiger partial charge in [0.1, 0.15) is 0 Å². The molecule has 0 heterocycles. The van der Waals surface area contributed by atoms with Crippen molar-refractivity contribution in [3.05, 3.63) is 35.4 Å². The third-order valence-electron chi connectivity index (χ3n) is 2.00. The normalized spacial score (nSPS) is 10.5. The molecular weight excluding hydrogens is 301 g/mol. The van der Waals surface area contributed by atoms with Crippen LogP contribution in [0.25, 0.3) is 0 Å². The maximum Gasteiger partial charge on any atom is 2.00 e. The van der Waals surface area contributed by atoms with E-state index in [0.717, 1.165) is 5.56 Å². The number of rotatable bonds is 1. The van der Waals surface area contributed by atoms with Crippen LogP contribution < -0.4 is 0 Å². The van der Waals surface area contributed by atoms with E-state index in [-0.39, 0.29) is 57.1 Å². The summed E-state index contributed by atoms with van der Waals surface area (Å²) in [5.41, 5.74) is 1.57. The first-order chi connectivity index (χ1) is 5.91. The van der Waals surface area contributed by atoms with Gasteiger partial charge in [-0.25, -0.2) is 4.79 Å². The molecule has 0 aliphatic carbocycles. The summed E-state index contributed by atoms with van der Waals surface area (Å²) in [5.74, 6) is -0.875. The van der Waals surface area contributed by atoms with Crippen LogP contribution in [0.4, 0.5) is 0 Å². The van der Waals surface area contributed by atoms with Crippen LogP contribution >= 0.6 is 0 Å². The second-order valence-electron chi connectivity index (χ2n) is 4.13. The fraction of sp³-hybridized carbons (Fsp3) is 0.364. The van der Waals surface area contributed by atoms with Crippen molar-refractivity contribution in [2.45, 2.75) is 26.2 Å². The van der Waals surface area contributed by atoms with Crippen LogP contribution in [0, 0.1) is 0 Å². The number of carboxylic acid groups (broad SMARTS) is 1. The van der Waals surface area contributed by atoms with Crippen LogP contribution in [0.1, 0.15) is 39.5 Å². The zero-order valence-corrected chi connectivity index (χ0v) is 13.3. The second-order valence-corrected chi connectivity index (χ2v) is 4.13. The number of hydrogen-bond donors (Lipinski definition) is 1. The predicted molar refractivity (Wildman–Crippen MR) is 60.1 cm³/mol. The number of carbonyl (C=O) groups is 1. The molecule has 0 bridgehead atoms. The predicted octanol–water partition coefficient (Wildman–Crippen LogP) is 2.53. The average Bonchev–Trinajstić information content (AvgIpc) is 2.03. The Kier molecular flexibility index (Phi) is 5.47. The molecule has 2 nitrogen and oxygen atoms in total. The molecule has 3 heteroatoms. The second kappa shape index (κ2) is 5.37. The number of benzene rings is 1. The first-order valence-electron chi connectivity index (χ1n) is 4.25. The Morgan fingerprint density at radius 3 is 1.93 bits per heavy atom. The maximum atomic E-state index is 10.6. The largest absolute Gasteiger partial charge is 2.00 e. The van der Waals surface area contributed by atoms with Crippen molar-refractivity contribution in [1.29, 1.82) is 0 Å². The van der Waals surface area contributed by atoms with Gasteiger partial charge in [0, 0.05) is 0 Å². The van der Waals surface area contributed by atoms with Crippen molar-refractivity contribution in [3.8, 4) is 0 Å². The summed E-state index contributed by atoms with van der Waals surface area (Å²) in [7, 11) is 0. The first kappa shape index (κ1) is 14.3. The van der Waals surface area contributed by atoms with Gasteiger partial charge in [0.15, 0.2) is 0 Å². The van der Waals surface area contributed by atoms with E-state index in [0.29, 0.717) is 5.56 Å². The van der Waals surface area contributed by atoms with Gasteiger partial charge < -0.3 is 7.96 Å². The van der Waals surface area contributed by atoms with E-state index in [1.54, 1.807) is 12.1 Å². The van der Waals surface area contributed by atoms with Crippen LogP contribution in [0.15, 0.2) is 24.3 Å². The van der Waals surface area contributed by atoms with Crippen molar-refractivity contribution >= 4 is 54.9 Å². The molecule has 0 saturated heterocycles. The Labute approximate surface area is 128 Å². The summed E-state index contributed by atoms with van der Waals surface area (Å²) in [6.07, 6.45) is 0. The summed E-state index contributed by atoms with van der Waals surface area (Å²) in [5, 5.41) is 8.68. The molecule has 0 aliphatic heterocycles. The van der Waals surface area contributed by atoms with Gasteiger partial charge in [0.25, 0.3) is 0 Å². The van der Waals surface area contributed by atoms with Crippen LogP contribution in [0.5, 0.6) is 0 Å². The third kappa shape index (κ3) is 3.79. The van der Waals surface area contributed by atoms with E-state index in [4.69, 9.17) is 5.11 Å². The van der Waals surface area contributed by atoms with Gasteiger partial charge in [-0.3, -0.25) is 0 Å². The van der Waals surface area contributed by atoms with Gasteiger partial charge in [-0.15, -0.1) is 0 Å². The average molecular weight is 318 g/mol. The molecule has 1 aromatic carbocycles. The van der Waals surface area contributed by atoms with Crippen LogP contribution in [0.3, 0.4) is 0 Å². The van der Waals surface area contributed by atoms with Crippen molar-refractivity contribution < 1.29 is 12.8 Å². The molecule has 0 saturated carbocycles. The molecule has 1 N–H and O–H groups in total. The number of aromatic carboxylic acids is 1. The molecule has 14 heavy (non-hydrogen) atoms. The summed E-state index contributed by atoms with van der Waals surface area (Å²) in [6, 6.07) is 7.01. The summed E-state index contributed by atoms with van der Waals surface area (Å²) >= 11 is 0. The molecule has 0 spiro atoms. The standard InChI is InChI=1S/C11H14O2.Ba.2H/c1-11(2,3)9-6-4-8(5-7-9)10(12)13;;;/h4-7H,1-3H3,(H,12,13);;;/q;+2;2*-1. The number of hydrogen-bond acceptors (Lipinski definition) is 1. The fourth-order valence-corrected chi connectivity index (χ4v) is 1.11. The van der Waals surface area contributed by atoms with Crippen molar-refractivity contribution in [3.63, 3.8) is 0 Å². The monoisotopic (exact) mass is 318 g/mol. The number of carboxylic acids is 1. The molecule has 0 aliphatic rings. The van der Waals surface area contributed by atoms with Gasteiger partial charge in [-0.05, 0) is 23.1 Å². The van der Waals surface area contributed by atoms with E-state index in [1.165, 1.54) is 0 Å². The van der Waals surface area contributed by atoms with Gasteiger partial charge in [-0.1, -0.05) is 32.9 Å². The van der Waals surface area contributed by atoms with E-state index in [2.05, 4.69) is 20.8 Å². The van der Waals surface area contributed by atoms with Gasteiger partial charge in [0.05, 0.1) is 5.56 Å². The van der Waals surface area contributed by atoms with E-state index >= 15 is 0 Å². The fourth-order valence-electron chi connectivity index (χ4n) is 1.11. The van der Waals surface area contributed by atoms with Crippen molar-refractivity contribution in [2.75, 3.05) is 0 Å². The van der Waals surface area contributed by atoms with E-state index in [9.17, 15) is 4.79 Å². The molecule has 1 rings (SSSR count). The molecule has 0 atom stereocenters. The molecule has 0 fully saturated rings. The Bertz CT molecular complexity index is 318. The van der Waals surface area contributed by atoms with E-state index in [1.807, 2.05) is 12.1 Å². The Morgan fingerprint density at radius 2 is 1.64 bits per heavy atom. The Morgan fingerprint density at radius 1 is 1.21 bits per heavy atom. The molecular formula is C11H16BaO2. The molecule has 0 unspecified atom stereocenters. The topological polar surface area (TPSA) is 37.3 Å². The minimum atomic E-state index is -0.875. The molecule has 1 aromatic rings. The summed E-state index contributed by atoms with van der Waals surface area (Å²) in [4.78, 5) is 10.6. The maximum absolute atomic E-state index is 10.6. The zero-order chi connectivity index (χ0) is 10.1. The first-order valence-corrected chi connectivity index (χ1v) is 4.25. The van der Waals surface area contributed by atoms with Gasteiger partial charge >= 0.3 is 54.9 Å². The Hall–Kier alpha value is 0.261. The van der Waals surface area contributed by atoms with Crippen molar-refractivity contribution in [1.82, 2.24) is 0 Å². The van der Waals surface area contributed by atoms with Crippen LogP contribution in [-0.2, 0) is 5.41 Å². The van der Waals surface area contributed by atoms with Crippen LogP contribution in [-0.4, -0.2) is 60.0 Å². The molecule has 74 valence electrons. The van der Waals surface area contributed by atoms with Gasteiger partial charge in [0.2, 0.25) is 0 Å². The summed E-state index contributed by atoms with van der Waals surface area (Å²) < 4.78 is 0. The Balaban J connectivity index is -0.000000563. The quantitative estimate of drug-likeness (QED) is 0.808. The van der Waals surface area contributed by atoms with E-state index < -0.39 is 5.97 Å². The van der Waals surface area contributed by atoms with Crippen molar-refractivity contribution in [2.24, 2.45) is 0 Å². The minimum Gasteiger partial charge on any atom is -1.00 e. The van der Waals surface area contributed by atoms with Gasteiger partial charge in [-0.2, -0.15) is 0 Å². The smallest absolute Gasteiger partial charge is 1.00 e. The molecule has 0 radical (unpaired) electrons. The summed E-state index contributed by atoms with van der Waals surface area (Å²) in [6.45, 7) is 6.30. The van der Waals surface area contributed by atoms with Crippen LogP contribution in [0.2, 0.25) is 0 Å². The molecule has 0 aromatic heterocycles. The molecule has 0 amide bonds. The zero-order valence-electron chi connectivity index (χ0n) is 10.9. The SMILES string of the molecule is CC(C)(C)c1ccc(C(=O)O)cc1.[Ba+2].[H-].[H-]. The third-order valence-corrected chi connectivity index (χ3v) is 2.00. The minimum absolute atomic E-state index is 0.